The maximum atomic E-state index is 11.7. The first-order valence-electron chi connectivity index (χ1n) is 10.5. The van der Waals surface area contributed by atoms with E-state index >= 15 is 0 Å². The molecule has 0 spiro atoms. The number of hydrogen-bond donors (Lipinski definition) is 2. The van der Waals surface area contributed by atoms with Crippen molar-refractivity contribution in [3.63, 3.8) is 0 Å². The topological polar surface area (TPSA) is 176 Å². The van der Waals surface area contributed by atoms with Crippen LogP contribution in [0.4, 0.5) is 11.4 Å². The monoisotopic (exact) mass is 650 g/mol. The van der Waals surface area contributed by atoms with Gasteiger partial charge in [-0.05, 0) is 43.0 Å². The van der Waals surface area contributed by atoms with Gasteiger partial charge in [-0.2, -0.15) is 8.42 Å². The Morgan fingerprint density at radius 2 is 1.37 bits per heavy atom. The summed E-state index contributed by atoms with van der Waals surface area (Å²) in [7, 11) is -9.00. The summed E-state index contributed by atoms with van der Waals surface area (Å²) in [4.78, 5) is 15.3. The van der Waals surface area contributed by atoms with Gasteiger partial charge in [0.25, 0.3) is 10.1 Å². The van der Waals surface area contributed by atoms with Crippen molar-refractivity contribution in [1.82, 2.24) is 0 Å². The molecule has 0 fully saturated rings. The molecule has 35 heavy (non-hydrogen) atoms. The molecular weight excluding hydrogens is 622 g/mol. The Bertz CT molecular complexity index is 1140. The zero-order chi connectivity index (χ0) is 25.8. The second-order valence-electron chi connectivity index (χ2n) is 7.20. The van der Waals surface area contributed by atoms with E-state index < -0.39 is 42.5 Å². The SMILES string of the molecule is CCC[C@H](C(=O)Nc1ccccc1)S(=O)(=O)O.CCC[C@H](C([O-])=Nc1ccccc1)S(=O)(=O)[O-].[Ba+2]. The smallest absolute Gasteiger partial charge is 0.861 e. The molecule has 0 aromatic heterocycles. The van der Waals surface area contributed by atoms with E-state index in [1.807, 2.05) is 0 Å². The molecule has 0 heterocycles. The van der Waals surface area contributed by atoms with Crippen LogP contribution in [0.3, 0.4) is 0 Å². The molecule has 2 rings (SSSR count). The molecule has 2 N–H and O–H groups in total. The van der Waals surface area contributed by atoms with E-state index in [1.165, 1.54) is 0 Å². The van der Waals surface area contributed by atoms with Gasteiger partial charge in [0.05, 0.1) is 10.9 Å². The molecule has 0 unspecified atom stereocenters. The maximum absolute atomic E-state index is 11.7. The minimum atomic E-state index is -4.64. The predicted octanol–water partition coefficient (Wildman–Crippen LogP) is 2.09. The molecular formula is C22H28BaN2O8S2. The maximum Gasteiger partial charge on any atom is 2.00 e. The van der Waals surface area contributed by atoms with Gasteiger partial charge >= 0.3 is 48.9 Å². The summed E-state index contributed by atoms with van der Waals surface area (Å²) in [5, 5.41) is 11.1. The van der Waals surface area contributed by atoms with E-state index in [4.69, 9.17) is 4.55 Å². The number of nitrogens with one attached hydrogen (secondary N) is 1. The molecule has 2 aromatic rings. The van der Waals surface area contributed by atoms with Crippen molar-refractivity contribution in [2.24, 2.45) is 4.99 Å². The van der Waals surface area contributed by atoms with E-state index in [1.54, 1.807) is 74.5 Å². The Balaban J connectivity index is 0.000000642. The molecule has 0 saturated carbocycles. The summed E-state index contributed by atoms with van der Waals surface area (Å²) in [5.41, 5.74) is 0.851. The number of amides is 1. The van der Waals surface area contributed by atoms with Gasteiger partial charge in [-0.15, -0.1) is 0 Å². The van der Waals surface area contributed by atoms with Crippen molar-refractivity contribution in [1.29, 1.82) is 0 Å². The Morgan fingerprint density at radius 1 is 0.914 bits per heavy atom. The molecule has 0 bridgehead atoms. The van der Waals surface area contributed by atoms with Crippen LogP contribution in [0.2, 0.25) is 0 Å². The molecule has 10 nitrogen and oxygen atoms in total. The van der Waals surface area contributed by atoms with Crippen molar-refractivity contribution in [3.8, 4) is 0 Å². The minimum Gasteiger partial charge on any atom is -0.861 e. The van der Waals surface area contributed by atoms with Gasteiger partial charge in [0.15, 0.2) is 5.25 Å². The third kappa shape index (κ3) is 13.0. The minimum absolute atomic E-state index is 0. The van der Waals surface area contributed by atoms with Crippen LogP contribution in [0.5, 0.6) is 0 Å². The van der Waals surface area contributed by atoms with E-state index in [9.17, 15) is 31.3 Å². The van der Waals surface area contributed by atoms with Crippen LogP contribution in [0.25, 0.3) is 0 Å². The van der Waals surface area contributed by atoms with Crippen molar-refractivity contribution >= 4 is 92.3 Å². The Hall–Kier alpha value is -1.23. The first-order chi connectivity index (χ1) is 15.9. The molecule has 0 aliphatic carbocycles. The summed E-state index contributed by atoms with van der Waals surface area (Å²) in [6.07, 6.45) is 1.02. The van der Waals surface area contributed by atoms with Crippen molar-refractivity contribution < 1.29 is 35.8 Å². The second kappa shape index (κ2) is 16.5. The Kier molecular flexibility index (Phi) is 15.9. The predicted molar refractivity (Wildman–Crippen MR) is 133 cm³/mol. The Labute approximate surface area is 246 Å². The molecule has 2 aromatic carbocycles. The van der Waals surface area contributed by atoms with Crippen LogP contribution in [0.15, 0.2) is 65.7 Å². The number of carbonyl (C=O) groups excluding carboxylic acids is 1. The number of aliphatic imine (C=N–C) groups is 1. The van der Waals surface area contributed by atoms with Crippen LogP contribution in [0.1, 0.15) is 39.5 Å². The van der Waals surface area contributed by atoms with Gasteiger partial charge < -0.3 is 15.0 Å². The fourth-order valence-corrected chi connectivity index (χ4v) is 4.46. The number of anilines is 1. The summed E-state index contributed by atoms with van der Waals surface area (Å²) >= 11 is 0. The normalized spacial score (nSPS) is 13.4. The zero-order valence-electron chi connectivity index (χ0n) is 19.5. The summed E-state index contributed by atoms with van der Waals surface area (Å²) in [5.74, 6) is -1.60. The molecule has 1 amide bonds. The first kappa shape index (κ1) is 33.8. The van der Waals surface area contributed by atoms with Gasteiger partial charge in [0.1, 0.15) is 10.1 Å². The molecule has 2 atom stereocenters. The first-order valence-corrected chi connectivity index (χ1v) is 13.4. The molecule has 0 radical (unpaired) electrons. The molecule has 188 valence electrons. The van der Waals surface area contributed by atoms with E-state index in [-0.39, 0.29) is 61.7 Å². The van der Waals surface area contributed by atoms with Crippen LogP contribution in [-0.4, -0.2) is 97.1 Å². The van der Waals surface area contributed by atoms with Crippen LogP contribution < -0.4 is 10.4 Å². The zero-order valence-corrected chi connectivity index (χ0v) is 25.6. The van der Waals surface area contributed by atoms with Gasteiger partial charge in [-0.25, -0.2) is 8.42 Å². The fraction of sp³-hybridized carbons (Fsp3) is 0.364. The number of carbonyl (C=O) groups is 1. The van der Waals surface area contributed by atoms with Crippen molar-refractivity contribution in [3.05, 3.63) is 60.7 Å². The van der Waals surface area contributed by atoms with Gasteiger partial charge in [-0.1, -0.05) is 63.1 Å². The molecule has 0 saturated heterocycles. The summed E-state index contributed by atoms with van der Waals surface area (Å²) in [6.45, 7) is 3.45. The van der Waals surface area contributed by atoms with Crippen LogP contribution in [-0.2, 0) is 25.0 Å². The van der Waals surface area contributed by atoms with Crippen LogP contribution in [0, 0.1) is 0 Å². The van der Waals surface area contributed by atoms with Gasteiger partial charge in [-0.3, -0.25) is 14.3 Å². The summed E-state index contributed by atoms with van der Waals surface area (Å²) in [6, 6.07) is 16.7. The van der Waals surface area contributed by atoms with E-state index in [0.717, 1.165) is 0 Å². The molecule has 0 aliphatic rings. The number of nitrogens with zero attached hydrogens (tertiary/aromatic N) is 1. The number of hydrogen-bond acceptors (Lipinski definition) is 8. The quantitative estimate of drug-likeness (QED) is 0.170. The third-order valence-electron chi connectivity index (χ3n) is 4.41. The average molecular weight is 650 g/mol. The van der Waals surface area contributed by atoms with E-state index in [2.05, 4.69) is 10.3 Å². The number of rotatable bonds is 10. The largest absolute Gasteiger partial charge is 2.00 e. The second-order valence-corrected chi connectivity index (χ2v) is 10.4. The van der Waals surface area contributed by atoms with Crippen molar-refractivity contribution in [2.75, 3.05) is 5.32 Å². The van der Waals surface area contributed by atoms with E-state index in [0.29, 0.717) is 24.2 Å². The Morgan fingerprint density at radius 3 is 1.80 bits per heavy atom. The van der Waals surface area contributed by atoms with Crippen molar-refractivity contribution in [2.45, 2.75) is 50.0 Å². The van der Waals surface area contributed by atoms with Gasteiger partial charge in [0.2, 0.25) is 5.91 Å². The summed E-state index contributed by atoms with van der Waals surface area (Å²) < 4.78 is 63.8. The van der Waals surface area contributed by atoms with Gasteiger partial charge in [0, 0.05) is 5.69 Å². The fourth-order valence-electron chi connectivity index (χ4n) is 2.78. The van der Waals surface area contributed by atoms with Crippen LogP contribution >= 0.6 is 0 Å². The number of benzene rings is 2. The third-order valence-corrected chi connectivity index (χ3v) is 6.72. The number of para-hydroxylation sites is 2. The molecule has 13 heteroatoms. The molecule has 0 aliphatic heterocycles. The standard InChI is InChI=1S/2C11H15NO4S.Ba/c2*1-2-6-10(17(14,15)16)11(13)12-9-7-4-3-5-8-9;/h2*3-5,7-8,10H,2,6H2,1H3,(H,12,13)(H,14,15,16);/q;;+2/p-2/t2*10-;/m11./s1. The average Bonchev–Trinajstić information content (AvgIpc) is 2.76.